The topological polar surface area (TPSA) is 35.5 Å². The Hall–Kier alpha value is -0.570. The first-order valence-electron chi connectivity index (χ1n) is 2.83. The van der Waals surface area contributed by atoms with Crippen LogP contribution in [0.25, 0.3) is 0 Å². The molecule has 0 unspecified atom stereocenters. The van der Waals surface area contributed by atoms with Crippen molar-refractivity contribution in [1.82, 2.24) is 0 Å². The van der Waals surface area contributed by atoms with Crippen LogP contribution in [0.1, 0.15) is 13.3 Å². The Morgan fingerprint density at radius 2 is 2.33 bits per heavy atom. The van der Waals surface area contributed by atoms with Gasteiger partial charge in [0.05, 0.1) is 0 Å². The van der Waals surface area contributed by atoms with Crippen LogP contribution in [0, 0.1) is 6.92 Å². The summed E-state index contributed by atoms with van der Waals surface area (Å²) in [4.78, 5) is 10.3. The van der Waals surface area contributed by atoms with E-state index >= 15 is 0 Å². The van der Waals surface area contributed by atoms with E-state index < -0.39 is 0 Å². The molecule has 0 atom stereocenters. The minimum atomic E-state index is -0.330. The van der Waals surface area contributed by atoms with Crippen LogP contribution < -0.4 is 0 Å². The van der Waals surface area contributed by atoms with Gasteiger partial charge in [0.2, 0.25) is 0 Å². The lowest BCUT2D eigenvalue weighted by atomic mass is 10.5. The number of rotatable bonds is 4. The van der Waals surface area contributed by atoms with Crippen molar-refractivity contribution in [2.75, 3.05) is 13.4 Å². The fraction of sp³-hybridized carbons (Fsp3) is 0.667. The van der Waals surface area contributed by atoms with E-state index in [1.807, 2.05) is 6.92 Å². The first-order valence-corrected chi connectivity index (χ1v) is 2.83. The molecule has 0 saturated carbocycles. The molecule has 0 amide bonds. The molecule has 0 aliphatic heterocycles. The highest BCUT2D eigenvalue weighted by atomic mass is 16.7. The van der Waals surface area contributed by atoms with Crippen LogP contribution >= 0.6 is 0 Å². The minimum absolute atomic E-state index is 0.0465. The van der Waals surface area contributed by atoms with Crippen LogP contribution in [0.5, 0.6) is 0 Å². The molecule has 0 aliphatic carbocycles. The van der Waals surface area contributed by atoms with Gasteiger partial charge in [0, 0.05) is 13.0 Å². The molecule has 9 heavy (non-hydrogen) atoms. The van der Waals surface area contributed by atoms with Gasteiger partial charge in [0.1, 0.15) is 0 Å². The molecule has 0 bridgehead atoms. The Morgan fingerprint density at radius 3 is 2.78 bits per heavy atom. The molecule has 0 N–H and O–H groups in total. The summed E-state index contributed by atoms with van der Waals surface area (Å²) >= 11 is 0. The van der Waals surface area contributed by atoms with E-state index in [4.69, 9.17) is 4.74 Å². The summed E-state index contributed by atoms with van der Waals surface area (Å²) in [5.74, 6) is -0.330. The van der Waals surface area contributed by atoms with Gasteiger partial charge in [0.15, 0.2) is 6.79 Å². The smallest absolute Gasteiger partial charge is 0.307 e. The Labute approximate surface area is 55.0 Å². The molecule has 0 fully saturated rings. The second kappa shape index (κ2) is 5.56. The van der Waals surface area contributed by atoms with Gasteiger partial charge < -0.3 is 9.47 Å². The summed E-state index contributed by atoms with van der Waals surface area (Å²) in [7, 11) is 0. The Kier molecular flexibility index (Phi) is 5.21. The van der Waals surface area contributed by atoms with Crippen molar-refractivity contribution in [3.05, 3.63) is 6.92 Å². The molecule has 0 aliphatic rings. The van der Waals surface area contributed by atoms with E-state index in [1.165, 1.54) is 0 Å². The normalized spacial score (nSPS) is 9.11. The number of ether oxygens (including phenoxy) is 2. The third-order valence-electron chi connectivity index (χ3n) is 0.711. The van der Waals surface area contributed by atoms with E-state index in [9.17, 15) is 4.79 Å². The molecule has 0 saturated heterocycles. The van der Waals surface area contributed by atoms with Crippen molar-refractivity contribution >= 4 is 5.97 Å². The molecule has 3 heteroatoms. The Bertz CT molecular complexity index is 80.4. The van der Waals surface area contributed by atoms with Crippen LogP contribution in [0.15, 0.2) is 0 Å². The fourth-order valence-electron chi connectivity index (χ4n) is 0.263. The third kappa shape index (κ3) is 5.30. The second-order valence-corrected chi connectivity index (χ2v) is 1.38. The molecule has 0 spiro atoms. The van der Waals surface area contributed by atoms with Gasteiger partial charge in [-0.15, -0.1) is 0 Å². The summed E-state index contributed by atoms with van der Waals surface area (Å²) in [5, 5.41) is 0. The van der Waals surface area contributed by atoms with Crippen molar-refractivity contribution in [3.63, 3.8) is 0 Å². The molecular formula is C6H11O3. The molecule has 0 aromatic heterocycles. The number of hydrogen-bond donors (Lipinski definition) is 0. The number of carbonyl (C=O) groups excluding carboxylic acids is 1. The zero-order valence-corrected chi connectivity index (χ0v) is 5.55. The Balaban J connectivity index is 2.97. The molecule has 0 rings (SSSR count). The minimum Gasteiger partial charge on any atom is -0.438 e. The fourth-order valence-corrected chi connectivity index (χ4v) is 0.263. The predicted octanol–water partition coefficient (Wildman–Crippen LogP) is 0.748. The maximum absolute atomic E-state index is 10.3. The van der Waals surface area contributed by atoms with Gasteiger partial charge >= 0.3 is 5.97 Å². The predicted molar refractivity (Wildman–Crippen MR) is 32.6 cm³/mol. The van der Waals surface area contributed by atoms with Gasteiger partial charge in [-0.3, -0.25) is 4.79 Å². The molecule has 0 aromatic carbocycles. The molecule has 1 radical (unpaired) electrons. The summed E-state index contributed by atoms with van der Waals surface area (Å²) < 4.78 is 9.24. The molecule has 53 valence electrons. The lowest BCUT2D eigenvalue weighted by molar-refractivity contribution is -0.154. The molecule has 3 nitrogen and oxygen atoms in total. The molecule has 0 heterocycles. The highest BCUT2D eigenvalue weighted by molar-refractivity contribution is 5.69. The van der Waals surface area contributed by atoms with E-state index in [2.05, 4.69) is 11.7 Å². The van der Waals surface area contributed by atoms with Crippen LogP contribution in [0.2, 0.25) is 0 Å². The van der Waals surface area contributed by atoms with Gasteiger partial charge in [-0.25, -0.2) is 0 Å². The summed E-state index contributed by atoms with van der Waals surface area (Å²) in [5.41, 5.74) is 0. The van der Waals surface area contributed by atoms with Crippen molar-refractivity contribution in [3.8, 4) is 0 Å². The zero-order chi connectivity index (χ0) is 7.11. The summed E-state index contributed by atoms with van der Waals surface area (Å²) in [6.07, 6.45) is 0.160. The standard InChI is InChI=1S/C6H11O3/c1-3-6(7)9-5-8-4-2/h1,3-5H2,2H3. The van der Waals surface area contributed by atoms with Gasteiger partial charge in [-0.2, -0.15) is 0 Å². The van der Waals surface area contributed by atoms with Gasteiger partial charge in [0.25, 0.3) is 0 Å². The molecule has 0 aromatic rings. The monoisotopic (exact) mass is 131 g/mol. The highest BCUT2D eigenvalue weighted by Gasteiger charge is 1.94. The van der Waals surface area contributed by atoms with Crippen molar-refractivity contribution in [2.24, 2.45) is 0 Å². The third-order valence-corrected chi connectivity index (χ3v) is 0.711. The first-order chi connectivity index (χ1) is 4.31. The lowest BCUT2D eigenvalue weighted by Gasteiger charge is -2.00. The quantitative estimate of drug-likeness (QED) is 0.321. The zero-order valence-electron chi connectivity index (χ0n) is 5.55. The lowest BCUT2D eigenvalue weighted by Crippen LogP contribution is -2.06. The Morgan fingerprint density at radius 1 is 1.67 bits per heavy atom. The summed E-state index contributed by atoms with van der Waals surface area (Å²) in [6.45, 7) is 5.77. The van der Waals surface area contributed by atoms with E-state index in [-0.39, 0.29) is 19.2 Å². The van der Waals surface area contributed by atoms with Gasteiger partial charge in [-0.05, 0) is 13.8 Å². The second-order valence-electron chi connectivity index (χ2n) is 1.38. The SMILES string of the molecule is [CH2]CC(=O)OCOCC. The van der Waals surface area contributed by atoms with Crippen LogP contribution in [0.3, 0.4) is 0 Å². The van der Waals surface area contributed by atoms with Crippen molar-refractivity contribution < 1.29 is 14.3 Å². The van der Waals surface area contributed by atoms with E-state index in [1.54, 1.807) is 0 Å². The maximum atomic E-state index is 10.3. The van der Waals surface area contributed by atoms with Crippen molar-refractivity contribution in [1.29, 1.82) is 0 Å². The summed E-state index contributed by atoms with van der Waals surface area (Å²) in [6, 6.07) is 0. The number of hydrogen-bond acceptors (Lipinski definition) is 3. The van der Waals surface area contributed by atoms with Crippen LogP contribution in [-0.4, -0.2) is 19.4 Å². The van der Waals surface area contributed by atoms with Crippen molar-refractivity contribution in [2.45, 2.75) is 13.3 Å². The maximum Gasteiger partial charge on any atom is 0.307 e. The highest BCUT2D eigenvalue weighted by Crippen LogP contribution is 1.83. The number of esters is 1. The van der Waals surface area contributed by atoms with Crippen LogP contribution in [0.4, 0.5) is 0 Å². The average molecular weight is 131 g/mol. The largest absolute Gasteiger partial charge is 0.438 e. The van der Waals surface area contributed by atoms with Gasteiger partial charge in [-0.1, -0.05) is 0 Å². The first kappa shape index (κ1) is 8.43. The van der Waals surface area contributed by atoms with Crippen LogP contribution in [-0.2, 0) is 14.3 Å². The van der Waals surface area contributed by atoms with E-state index in [0.29, 0.717) is 6.61 Å². The molecular weight excluding hydrogens is 120 g/mol. The number of carbonyl (C=O) groups is 1. The van der Waals surface area contributed by atoms with E-state index in [0.717, 1.165) is 0 Å². The average Bonchev–Trinajstić information content (AvgIpc) is 1.89.